The second-order valence-corrected chi connectivity index (χ2v) is 8.85. The Morgan fingerprint density at radius 3 is 2.77 bits per heavy atom. The Morgan fingerprint density at radius 1 is 1.23 bits per heavy atom. The molecular formula is C17H17N3O4S2. The quantitative estimate of drug-likeness (QED) is 0.680. The Hall–Kier alpha value is -2.07. The van der Waals surface area contributed by atoms with E-state index in [2.05, 4.69) is 10.1 Å². The van der Waals surface area contributed by atoms with E-state index >= 15 is 0 Å². The molecule has 1 aromatic carbocycles. The first-order chi connectivity index (χ1) is 12.5. The van der Waals surface area contributed by atoms with E-state index in [1.807, 2.05) is 24.4 Å². The molecule has 0 spiro atoms. The van der Waals surface area contributed by atoms with Crippen LogP contribution in [-0.4, -0.2) is 42.6 Å². The Bertz CT molecular complexity index is 981. The number of thiophene rings is 1. The van der Waals surface area contributed by atoms with Crippen LogP contribution in [0.2, 0.25) is 0 Å². The SMILES string of the molecule is Cc1ccc(S(=O)(=O)N2CCO[C@@H](c3nc(-c4cccs4)no3)C2)cc1. The van der Waals surface area contributed by atoms with Gasteiger partial charge in [-0.1, -0.05) is 28.9 Å². The minimum atomic E-state index is -3.59. The Morgan fingerprint density at radius 2 is 2.04 bits per heavy atom. The summed E-state index contributed by atoms with van der Waals surface area (Å²) in [5, 5.41) is 5.89. The maximum Gasteiger partial charge on any atom is 0.257 e. The Labute approximate surface area is 155 Å². The third kappa shape index (κ3) is 3.30. The van der Waals surface area contributed by atoms with Crippen molar-refractivity contribution in [2.75, 3.05) is 19.7 Å². The number of nitrogens with zero attached hydrogens (tertiary/aromatic N) is 3. The molecular weight excluding hydrogens is 374 g/mol. The van der Waals surface area contributed by atoms with Crippen LogP contribution in [0.25, 0.3) is 10.7 Å². The van der Waals surface area contributed by atoms with E-state index in [-0.39, 0.29) is 23.9 Å². The van der Waals surface area contributed by atoms with E-state index < -0.39 is 16.1 Å². The number of benzene rings is 1. The summed E-state index contributed by atoms with van der Waals surface area (Å²) >= 11 is 1.51. The van der Waals surface area contributed by atoms with Crippen LogP contribution in [0.4, 0.5) is 0 Å². The highest BCUT2D eigenvalue weighted by molar-refractivity contribution is 7.89. The fraction of sp³-hybridized carbons (Fsp3) is 0.294. The second-order valence-electron chi connectivity index (χ2n) is 5.97. The molecule has 0 bridgehead atoms. The summed E-state index contributed by atoms with van der Waals surface area (Å²) in [5.74, 6) is 0.773. The summed E-state index contributed by atoms with van der Waals surface area (Å²) in [7, 11) is -3.59. The van der Waals surface area contributed by atoms with E-state index in [1.54, 1.807) is 24.3 Å². The average molecular weight is 391 g/mol. The minimum absolute atomic E-state index is 0.141. The molecule has 136 valence electrons. The molecule has 0 unspecified atom stereocenters. The lowest BCUT2D eigenvalue weighted by molar-refractivity contribution is -0.0199. The molecule has 3 aromatic rings. The van der Waals surface area contributed by atoms with Crippen LogP contribution in [0.15, 0.2) is 51.2 Å². The summed E-state index contributed by atoms with van der Waals surface area (Å²) in [4.78, 5) is 5.52. The van der Waals surface area contributed by atoms with Gasteiger partial charge in [0.2, 0.25) is 15.8 Å². The van der Waals surface area contributed by atoms with E-state index in [0.29, 0.717) is 12.4 Å². The van der Waals surface area contributed by atoms with E-state index in [4.69, 9.17) is 9.26 Å². The number of rotatable bonds is 4. The van der Waals surface area contributed by atoms with Crippen LogP contribution in [-0.2, 0) is 14.8 Å². The molecule has 1 aliphatic rings. The zero-order valence-electron chi connectivity index (χ0n) is 14.0. The van der Waals surface area contributed by atoms with Crippen molar-refractivity contribution in [3.63, 3.8) is 0 Å². The topological polar surface area (TPSA) is 85.5 Å². The largest absolute Gasteiger partial charge is 0.366 e. The number of ether oxygens (including phenoxy) is 1. The van der Waals surface area contributed by atoms with Crippen molar-refractivity contribution in [1.29, 1.82) is 0 Å². The van der Waals surface area contributed by atoms with Gasteiger partial charge in [-0.15, -0.1) is 11.3 Å². The van der Waals surface area contributed by atoms with Crippen molar-refractivity contribution >= 4 is 21.4 Å². The van der Waals surface area contributed by atoms with Gasteiger partial charge >= 0.3 is 0 Å². The highest BCUT2D eigenvalue weighted by Gasteiger charge is 2.34. The van der Waals surface area contributed by atoms with Gasteiger partial charge in [0.1, 0.15) is 0 Å². The zero-order valence-corrected chi connectivity index (χ0v) is 15.7. The first-order valence-electron chi connectivity index (χ1n) is 8.10. The molecule has 2 aromatic heterocycles. The first kappa shape index (κ1) is 17.3. The molecule has 1 fully saturated rings. The minimum Gasteiger partial charge on any atom is -0.366 e. The normalized spacial score (nSPS) is 18.9. The lowest BCUT2D eigenvalue weighted by Gasteiger charge is -2.30. The van der Waals surface area contributed by atoms with Crippen molar-refractivity contribution < 1.29 is 17.7 Å². The van der Waals surface area contributed by atoms with E-state index in [1.165, 1.54) is 15.6 Å². The maximum absolute atomic E-state index is 12.9. The highest BCUT2D eigenvalue weighted by atomic mass is 32.2. The molecule has 9 heteroatoms. The molecule has 0 aliphatic carbocycles. The smallest absolute Gasteiger partial charge is 0.257 e. The molecule has 1 saturated heterocycles. The predicted octanol–water partition coefficient (Wildman–Crippen LogP) is 2.87. The van der Waals surface area contributed by atoms with Crippen molar-refractivity contribution in [2.24, 2.45) is 0 Å². The molecule has 0 radical (unpaired) electrons. The fourth-order valence-electron chi connectivity index (χ4n) is 2.72. The van der Waals surface area contributed by atoms with Crippen molar-refractivity contribution in [3.05, 3.63) is 53.2 Å². The highest BCUT2D eigenvalue weighted by Crippen LogP contribution is 2.28. The van der Waals surface area contributed by atoms with Gasteiger partial charge in [0.25, 0.3) is 5.89 Å². The number of morpholine rings is 1. The summed E-state index contributed by atoms with van der Waals surface area (Å²) < 4.78 is 38.1. The van der Waals surface area contributed by atoms with Crippen molar-refractivity contribution in [1.82, 2.24) is 14.4 Å². The molecule has 0 N–H and O–H groups in total. The summed E-state index contributed by atoms with van der Waals surface area (Å²) in [5.41, 5.74) is 1.01. The van der Waals surface area contributed by atoms with Gasteiger partial charge in [-0.05, 0) is 30.5 Å². The lowest BCUT2D eigenvalue weighted by atomic mass is 10.2. The number of aryl methyl sites for hydroxylation is 1. The Balaban J connectivity index is 1.55. The van der Waals surface area contributed by atoms with Crippen molar-refractivity contribution in [3.8, 4) is 10.7 Å². The summed E-state index contributed by atoms with van der Waals surface area (Å²) in [6.07, 6.45) is -0.579. The fourth-order valence-corrected chi connectivity index (χ4v) is 4.80. The summed E-state index contributed by atoms with van der Waals surface area (Å²) in [6.45, 7) is 2.62. The van der Waals surface area contributed by atoms with Gasteiger partial charge in [-0.25, -0.2) is 8.42 Å². The van der Waals surface area contributed by atoms with E-state index in [0.717, 1.165) is 10.4 Å². The molecule has 0 saturated carbocycles. The van der Waals surface area contributed by atoms with Crippen molar-refractivity contribution in [2.45, 2.75) is 17.9 Å². The molecule has 3 heterocycles. The molecule has 0 amide bonds. The van der Waals surface area contributed by atoms with Crippen LogP contribution >= 0.6 is 11.3 Å². The summed E-state index contributed by atoms with van der Waals surface area (Å²) in [6, 6.07) is 10.6. The van der Waals surface area contributed by atoms with Crippen LogP contribution in [0, 0.1) is 6.92 Å². The number of hydrogen-bond donors (Lipinski definition) is 0. The lowest BCUT2D eigenvalue weighted by Crippen LogP contribution is -2.42. The third-order valence-corrected chi connectivity index (χ3v) is 6.89. The zero-order chi connectivity index (χ0) is 18.1. The van der Waals surface area contributed by atoms with Gasteiger partial charge in [0.15, 0.2) is 6.10 Å². The first-order valence-corrected chi connectivity index (χ1v) is 10.4. The molecule has 4 rings (SSSR count). The third-order valence-electron chi connectivity index (χ3n) is 4.15. The number of aromatic nitrogens is 2. The van der Waals surface area contributed by atoms with Crippen LogP contribution < -0.4 is 0 Å². The second kappa shape index (κ2) is 6.92. The van der Waals surface area contributed by atoms with Gasteiger partial charge in [0.05, 0.1) is 16.4 Å². The van der Waals surface area contributed by atoms with Gasteiger partial charge in [0, 0.05) is 13.1 Å². The number of sulfonamides is 1. The van der Waals surface area contributed by atoms with Crippen LogP contribution in [0.1, 0.15) is 17.6 Å². The van der Waals surface area contributed by atoms with Gasteiger partial charge < -0.3 is 9.26 Å². The standard InChI is InChI=1S/C17H17N3O4S2/c1-12-4-6-13(7-5-12)26(21,22)20-8-9-23-14(11-20)17-18-16(19-24-17)15-3-2-10-25-15/h2-7,10,14H,8-9,11H2,1H3/t14-/m1/s1. The monoisotopic (exact) mass is 391 g/mol. The molecule has 1 aliphatic heterocycles. The maximum atomic E-state index is 12.9. The number of hydrogen-bond acceptors (Lipinski definition) is 7. The van der Waals surface area contributed by atoms with Gasteiger partial charge in [-0.2, -0.15) is 9.29 Å². The predicted molar refractivity (Wildman–Crippen MR) is 96.2 cm³/mol. The van der Waals surface area contributed by atoms with Crippen LogP contribution in [0.5, 0.6) is 0 Å². The van der Waals surface area contributed by atoms with Crippen LogP contribution in [0.3, 0.4) is 0 Å². The average Bonchev–Trinajstić information content (AvgIpc) is 3.34. The molecule has 26 heavy (non-hydrogen) atoms. The molecule has 1 atom stereocenters. The van der Waals surface area contributed by atoms with Gasteiger partial charge in [-0.3, -0.25) is 0 Å². The molecule has 7 nitrogen and oxygen atoms in total. The Kier molecular flexibility index (Phi) is 4.62. The van der Waals surface area contributed by atoms with E-state index in [9.17, 15) is 8.42 Å².